The molecule has 1 amide bonds. The maximum Gasteiger partial charge on any atom is 0.343 e. The van der Waals surface area contributed by atoms with Crippen LogP contribution in [0.1, 0.15) is 40.6 Å². The predicted octanol–water partition coefficient (Wildman–Crippen LogP) is 2.50. The highest BCUT2D eigenvalue weighted by Crippen LogP contribution is 2.38. The second kappa shape index (κ2) is 7.51. The maximum atomic E-state index is 12.8. The minimum absolute atomic E-state index is 0.246. The number of esters is 1. The number of carbonyl (C=O) groups excluding carboxylic acids is 2. The van der Waals surface area contributed by atoms with E-state index in [-0.39, 0.29) is 18.2 Å². The lowest BCUT2D eigenvalue weighted by Gasteiger charge is -2.13. The minimum atomic E-state index is -0.579. The lowest BCUT2D eigenvalue weighted by molar-refractivity contribution is -0.114. The van der Waals surface area contributed by atoms with Gasteiger partial charge in [0, 0.05) is 11.8 Å². The molecule has 0 aliphatic heterocycles. The van der Waals surface area contributed by atoms with Crippen molar-refractivity contribution in [2.75, 3.05) is 5.32 Å². The SMILES string of the molecule is CC(=O)Nc1sc2c(c1C(=O)OCn1nnc3ccccc3c1=O)CCCC2. The summed E-state index contributed by atoms with van der Waals surface area (Å²) in [5, 5.41) is 11.4. The molecule has 28 heavy (non-hydrogen) atoms. The summed E-state index contributed by atoms with van der Waals surface area (Å²) >= 11 is 1.42. The third-order valence-corrected chi connectivity index (χ3v) is 5.82. The lowest BCUT2D eigenvalue weighted by Crippen LogP contribution is -2.27. The fourth-order valence-electron chi connectivity index (χ4n) is 3.33. The summed E-state index contributed by atoms with van der Waals surface area (Å²) in [5.74, 6) is -0.825. The molecular weight excluding hydrogens is 380 g/mol. The third kappa shape index (κ3) is 3.40. The van der Waals surface area contributed by atoms with E-state index in [1.165, 1.54) is 18.3 Å². The van der Waals surface area contributed by atoms with Gasteiger partial charge in [-0.3, -0.25) is 9.59 Å². The smallest absolute Gasteiger partial charge is 0.343 e. The fraction of sp³-hybridized carbons (Fsp3) is 0.316. The number of benzene rings is 1. The highest BCUT2D eigenvalue weighted by Gasteiger charge is 2.27. The minimum Gasteiger partial charge on any atom is -0.438 e. The molecule has 1 N–H and O–H groups in total. The van der Waals surface area contributed by atoms with Crippen LogP contribution in [0.2, 0.25) is 0 Å². The molecular formula is C19H18N4O4S. The molecule has 0 radical (unpaired) electrons. The molecule has 3 aromatic rings. The van der Waals surface area contributed by atoms with Gasteiger partial charge in [0.1, 0.15) is 10.5 Å². The van der Waals surface area contributed by atoms with Crippen LogP contribution in [-0.4, -0.2) is 26.9 Å². The van der Waals surface area contributed by atoms with Crippen LogP contribution < -0.4 is 10.9 Å². The molecule has 4 rings (SSSR count). The number of nitrogens with zero attached hydrogens (tertiary/aromatic N) is 3. The summed E-state index contributed by atoms with van der Waals surface area (Å²) in [6.45, 7) is 1.05. The Kier molecular flexibility index (Phi) is 4.91. The van der Waals surface area contributed by atoms with E-state index in [1.54, 1.807) is 24.3 Å². The lowest BCUT2D eigenvalue weighted by atomic mass is 9.95. The fourth-order valence-corrected chi connectivity index (χ4v) is 4.65. The summed E-state index contributed by atoms with van der Waals surface area (Å²) in [6.07, 6.45) is 3.70. The number of hydrogen-bond acceptors (Lipinski definition) is 7. The van der Waals surface area contributed by atoms with Crippen molar-refractivity contribution >= 4 is 39.1 Å². The standard InChI is InChI=1S/C19H18N4O4S/c1-11(24)20-17-16(13-7-3-5-9-15(13)28-17)19(26)27-10-23-18(25)12-6-2-4-8-14(12)21-22-23/h2,4,6,8H,3,5,7,9-10H2,1H3,(H,20,24). The molecule has 8 nitrogen and oxygen atoms in total. The predicted molar refractivity (Wildman–Crippen MR) is 104 cm³/mol. The number of aromatic nitrogens is 3. The van der Waals surface area contributed by atoms with Crippen molar-refractivity contribution in [3.8, 4) is 0 Å². The topological polar surface area (TPSA) is 103 Å². The highest BCUT2D eigenvalue weighted by atomic mass is 32.1. The van der Waals surface area contributed by atoms with Crippen LogP contribution in [0.15, 0.2) is 29.1 Å². The first-order valence-electron chi connectivity index (χ1n) is 8.96. The van der Waals surface area contributed by atoms with E-state index in [9.17, 15) is 14.4 Å². The van der Waals surface area contributed by atoms with Gasteiger partial charge in [-0.1, -0.05) is 17.3 Å². The number of nitrogens with one attached hydrogen (secondary N) is 1. The van der Waals surface area contributed by atoms with Crippen LogP contribution in [-0.2, 0) is 29.1 Å². The average molecular weight is 398 g/mol. The number of carbonyl (C=O) groups is 2. The molecule has 0 fully saturated rings. The maximum absolute atomic E-state index is 12.8. The number of amides is 1. The number of anilines is 1. The summed E-state index contributed by atoms with van der Waals surface area (Å²) in [7, 11) is 0. The highest BCUT2D eigenvalue weighted by molar-refractivity contribution is 7.17. The molecule has 144 valence electrons. The summed E-state index contributed by atoms with van der Waals surface area (Å²) < 4.78 is 6.38. The van der Waals surface area contributed by atoms with Crippen LogP contribution >= 0.6 is 11.3 Å². The van der Waals surface area contributed by atoms with Gasteiger partial charge < -0.3 is 10.1 Å². The van der Waals surface area contributed by atoms with Gasteiger partial charge in [-0.05, 0) is 43.4 Å². The molecule has 0 bridgehead atoms. The summed E-state index contributed by atoms with van der Waals surface area (Å²) in [6, 6.07) is 6.84. The molecule has 1 aromatic carbocycles. The Morgan fingerprint density at radius 1 is 1.25 bits per heavy atom. The van der Waals surface area contributed by atoms with Gasteiger partial charge in [0.2, 0.25) is 5.91 Å². The van der Waals surface area contributed by atoms with Gasteiger partial charge in [0.15, 0.2) is 6.73 Å². The van der Waals surface area contributed by atoms with Gasteiger partial charge in [-0.25, -0.2) is 4.79 Å². The monoisotopic (exact) mass is 398 g/mol. The van der Waals surface area contributed by atoms with E-state index in [0.29, 0.717) is 21.5 Å². The molecule has 1 aliphatic rings. The average Bonchev–Trinajstić information content (AvgIpc) is 3.04. The van der Waals surface area contributed by atoms with Crippen molar-refractivity contribution < 1.29 is 14.3 Å². The molecule has 1 aliphatic carbocycles. The molecule has 0 saturated heterocycles. The van der Waals surface area contributed by atoms with E-state index in [2.05, 4.69) is 15.6 Å². The normalized spacial score (nSPS) is 13.2. The Morgan fingerprint density at radius 3 is 2.86 bits per heavy atom. The quantitative estimate of drug-likeness (QED) is 0.678. The Labute approximate surface area is 164 Å². The second-order valence-corrected chi connectivity index (χ2v) is 7.67. The molecule has 2 heterocycles. The Balaban J connectivity index is 1.61. The van der Waals surface area contributed by atoms with Gasteiger partial charge in [-0.15, -0.1) is 16.4 Å². The number of hydrogen-bond donors (Lipinski definition) is 1. The summed E-state index contributed by atoms with van der Waals surface area (Å²) in [5.41, 5.74) is 1.42. The Bertz CT molecular complexity index is 1130. The van der Waals surface area contributed by atoms with Crippen molar-refractivity contribution in [3.63, 3.8) is 0 Å². The second-order valence-electron chi connectivity index (χ2n) is 6.57. The van der Waals surface area contributed by atoms with Gasteiger partial charge in [0.05, 0.1) is 10.9 Å². The molecule has 9 heteroatoms. The third-order valence-electron chi connectivity index (χ3n) is 4.61. The van der Waals surface area contributed by atoms with E-state index < -0.39 is 5.97 Å². The number of rotatable bonds is 4. The zero-order valence-corrected chi connectivity index (χ0v) is 16.0. The Hall–Kier alpha value is -3.07. The van der Waals surface area contributed by atoms with E-state index >= 15 is 0 Å². The number of aryl methyl sites for hydroxylation is 1. The van der Waals surface area contributed by atoms with Gasteiger partial charge >= 0.3 is 5.97 Å². The summed E-state index contributed by atoms with van der Waals surface area (Å²) in [4.78, 5) is 37.9. The number of fused-ring (bicyclic) bond motifs is 2. The molecule has 2 aromatic heterocycles. The van der Waals surface area contributed by atoms with Crippen LogP contribution in [0.5, 0.6) is 0 Å². The van der Waals surface area contributed by atoms with Crippen molar-refractivity contribution in [1.82, 2.24) is 15.0 Å². The van der Waals surface area contributed by atoms with Crippen LogP contribution in [0.25, 0.3) is 10.9 Å². The molecule has 0 atom stereocenters. The van der Waals surface area contributed by atoms with Crippen LogP contribution in [0.3, 0.4) is 0 Å². The first-order valence-corrected chi connectivity index (χ1v) is 9.78. The largest absolute Gasteiger partial charge is 0.438 e. The molecule has 0 unspecified atom stereocenters. The van der Waals surface area contributed by atoms with Crippen molar-refractivity contribution in [3.05, 3.63) is 50.6 Å². The first-order chi connectivity index (χ1) is 13.5. The zero-order chi connectivity index (χ0) is 19.7. The van der Waals surface area contributed by atoms with Crippen LogP contribution in [0.4, 0.5) is 5.00 Å². The number of thiophene rings is 1. The van der Waals surface area contributed by atoms with E-state index in [1.807, 2.05) is 0 Å². The Morgan fingerprint density at radius 2 is 2.04 bits per heavy atom. The van der Waals surface area contributed by atoms with Crippen molar-refractivity contribution in [2.45, 2.75) is 39.3 Å². The van der Waals surface area contributed by atoms with Gasteiger partial charge in [0.25, 0.3) is 5.56 Å². The van der Waals surface area contributed by atoms with Crippen molar-refractivity contribution in [2.24, 2.45) is 0 Å². The molecule has 0 spiro atoms. The first kappa shape index (κ1) is 18.3. The molecule has 0 saturated carbocycles. The van der Waals surface area contributed by atoms with Crippen LogP contribution in [0, 0.1) is 0 Å². The van der Waals surface area contributed by atoms with E-state index in [4.69, 9.17) is 4.74 Å². The van der Waals surface area contributed by atoms with Gasteiger partial charge in [-0.2, -0.15) is 4.68 Å². The number of ether oxygens (including phenoxy) is 1. The zero-order valence-electron chi connectivity index (χ0n) is 15.2. The van der Waals surface area contributed by atoms with E-state index in [0.717, 1.165) is 40.8 Å². The van der Waals surface area contributed by atoms with Crippen molar-refractivity contribution in [1.29, 1.82) is 0 Å².